The van der Waals surface area contributed by atoms with Gasteiger partial charge in [0.05, 0.1) is 6.54 Å². The van der Waals surface area contributed by atoms with Gasteiger partial charge in [-0.25, -0.2) is 4.98 Å². The van der Waals surface area contributed by atoms with Gasteiger partial charge in [0.25, 0.3) is 5.91 Å². The van der Waals surface area contributed by atoms with Crippen LogP contribution >= 0.6 is 27.5 Å². The van der Waals surface area contributed by atoms with Crippen LogP contribution < -0.4 is 9.64 Å². The monoisotopic (exact) mass is 462 g/mol. The molecule has 0 bridgehead atoms. The summed E-state index contributed by atoms with van der Waals surface area (Å²) in [4.78, 5) is 19.0. The number of ether oxygens (including phenoxy) is 1. The number of hydrogen-bond acceptors (Lipinski definition) is 4. The highest BCUT2D eigenvalue weighted by molar-refractivity contribution is 9.10. The minimum atomic E-state index is -0.722. The van der Waals surface area contributed by atoms with Crippen LogP contribution in [0.5, 0.6) is 5.75 Å². The van der Waals surface area contributed by atoms with Crippen molar-refractivity contribution in [2.45, 2.75) is 33.4 Å². The van der Waals surface area contributed by atoms with Crippen LogP contribution in [0.25, 0.3) is 0 Å². The maximum absolute atomic E-state index is 13.2. The molecule has 0 N–H and O–H groups in total. The second-order valence-corrected chi connectivity index (χ2v) is 7.61. The van der Waals surface area contributed by atoms with Crippen LogP contribution in [0, 0.1) is 13.8 Å². The topological polar surface area (TPSA) is 55.6 Å². The van der Waals surface area contributed by atoms with Gasteiger partial charge in [0.2, 0.25) is 0 Å². The van der Waals surface area contributed by atoms with E-state index in [0.29, 0.717) is 27.0 Å². The lowest BCUT2D eigenvalue weighted by Gasteiger charge is -2.25. The number of carbonyl (C=O) groups is 1. The van der Waals surface area contributed by atoms with Gasteiger partial charge >= 0.3 is 0 Å². The Morgan fingerprint density at radius 2 is 1.96 bits per heavy atom. The van der Waals surface area contributed by atoms with Gasteiger partial charge in [0.15, 0.2) is 10.8 Å². The first-order chi connectivity index (χ1) is 13.3. The first kappa shape index (κ1) is 20.4. The predicted octanol–water partition coefficient (Wildman–Crippen LogP) is 5.71. The molecule has 2 aromatic heterocycles. The Hall–Kier alpha value is -2.31. The van der Waals surface area contributed by atoms with E-state index in [2.05, 4.69) is 20.9 Å². The molecule has 7 heteroatoms. The van der Waals surface area contributed by atoms with Gasteiger partial charge in [-0.3, -0.25) is 9.69 Å². The Bertz CT molecular complexity index is 952. The standard InChI is InChI=1S/C21H20BrClN2O3/c1-13-10-17(11-14(2)20(13)23)27-15(3)21(26)25(19-6-4-5-9-24-19)12-16-7-8-18(22)28-16/h4-11,15H,12H2,1-3H3. The first-order valence-electron chi connectivity index (χ1n) is 8.75. The van der Waals surface area contributed by atoms with Gasteiger partial charge in [-0.15, -0.1) is 0 Å². The van der Waals surface area contributed by atoms with Crippen molar-refractivity contribution in [1.82, 2.24) is 4.98 Å². The summed E-state index contributed by atoms with van der Waals surface area (Å²) in [7, 11) is 0. The number of rotatable bonds is 6. The zero-order valence-corrected chi connectivity index (χ0v) is 18.1. The average Bonchev–Trinajstić information content (AvgIpc) is 3.09. The van der Waals surface area contributed by atoms with Crippen molar-refractivity contribution in [1.29, 1.82) is 0 Å². The number of amides is 1. The van der Waals surface area contributed by atoms with Crippen molar-refractivity contribution in [2.75, 3.05) is 4.90 Å². The van der Waals surface area contributed by atoms with Gasteiger partial charge in [-0.1, -0.05) is 17.7 Å². The molecule has 0 saturated heterocycles. The molecule has 0 aliphatic carbocycles. The molecule has 0 aliphatic heterocycles. The normalized spacial score (nSPS) is 11.9. The van der Waals surface area contributed by atoms with Gasteiger partial charge in [-0.2, -0.15) is 0 Å². The summed E-state index contributed by atoms with van der Waals surface area (Å²) < 4.78 is 12.1. The van der Waals surface area contributed by atoms with Crippen LogP contribution in [0.4, 0.5) is 5.82 Å². The van der Waals surface area contributed by atoms with E-state index in [4.69, 9.17) is 20.8 Å². The first-order valence-corrected chi connectivity index (χ1v) is 9.92. The van der Waals surface area contributed by atoms with Gasteiger partial charge in [0, 0.05) is 11.2 Å². The van der Waals surface area contributed by atoms with E-state index < -0.39 is 6.10 Å². The van der Waals surface area contributed by atoms with Crippen molar-refractivity contribution in [3.63, 3.8) is 0 Å². The van der Waals surface area contributed by atoms with Crippen LogP contribution in [-0.2, 0) is 11.3 Å². The molecular weight excluding hydrogens is 444 g/mol. The van der Waals surface area contributed by atoms with E-state index in [1.54, 1.807) is 36.2 Å². The van der Waals surface area contributed by atoms with Crippen molar-refractivity contribution >= 4 is 39.3 Å². The molecule has 1 amide bonds. The minimum absolute atomic E-state index is 0.225. The van der Waals surface area contributed by atoms with Crippen LogP contribution in [0.15, 0.2) is 57.7 Å². The molecule has 0 spiro atoms. The zero-order valence-electron chi connectivity index (χ0n) is 15.8. The number of aromatic nitrogens is 1. The lowest BCUT2D eigenvalue weighted by atomic mass is 10.1. The third-order valence-electron chi connectivity index (χ3n) is 4.21. The summed E-state index contributed by atoms with van der Waals surface area (Å²) in [5.41, 5.74) is 1.80. The number of nitrogens with zero attached hydrogens (tertiary/aromatic N) is 2. The van der Waals surface area contributed by atoms with E-state index in [1.807, 2.05) is 38.1 Å². The van der Waals surface area contributed by atoms with E-state index in [1.165, 1.54) is 0 Å². The molecule has 3 aromatic rings. The Morgan fingerprint density at radius 1 is 1.25 bits per heavy atom. The third kappa shape index (κ3) is 4.75. The Balaban J connectivity index is 1.83. The van der Waals surface area contributed by atoms with Crippen molar-refractivity contribution in [2.24, 2.45) is 0 Å². The zero-order chi connectivity index (χ0) is 20.3. The highest BCUT2D eigenvalue weighted by Crippen LogP contribution is 2.27. The third-order valence-corrected chi connectivity index (χ3v) is 5.23. The number of hydrogen-bond donors (Lipinski definition) is 0. The van der Waals surface area contributed by atoms with Crippen molar-refractivity contribution in [3.8, 4) is 5.75 Å². The van der Waals surface area contributed by atoms with Crippen molar-refractivity contribution < 1.29 is 13.9 Å². The fourth-order valence-electron chi connectivity index (χ4n) is 2.83. The van der Waals surface area contributed by atoms with Gasteiger partial charge in [-0.05, 0) is 84.2 Å². The molecule has 28 heavy (non-hydrogen) atoms. The number of furan rings is 1. The lowest BCUT2D eigenvalue weighted by molar-refractivity contribution is -0.124. The van der Waals surface area contributed by atoms with E-state index >= 15 is 0 Å². The number of pyridine rings is 1. The Morgan fingerprint density at radius 3 is 2.54 bits per heavy atom. The minimum Gasteiger partial charge on any atom is -0.481 e. The molecule has 2 heterocycles. The molecule has 3 rings (SSSR count). The summed E-state index contributed by atoms with van der Waals surface area (Å²) in [6.07, 6.45) is 0.922. The van der Waals surface area contributed by atoms with Crippen molar-refractivity contribution in [3.05, 3.63) is 75.2 Å². The second-order valence-electron chi connectivity index (χ2n) is 6.45. The van der Waals surface area contributed by atoms with Crippen LogP contribution in [0.2, 0.25) is 5.02 Å². The molecule has 0 radical (unpaired) electrons. The fourth-order valence-corrected chi connectivity index (χ4v) is 3.28. The molecular formula is C21H20BrClN2O3. The summed E-state index contributed by atoms with van der Waals surface area (Å²) in [6, 6.07) is 12.7. The number of carbonyl (C=O) groups excluding carboxylic acids is 1. The van der Waals surface area contributed by atoms with E-state index in [0.717, 1.165) is 11.1 Å². The molecule has 0 fully saturated rings. The highest BCUT2D eigenvalue weighted by Gasteiger charge is 2.26. The molecule has 0 saturated carbocycles. The average molecular weight is 464 g/mol. The highest BCUT2D eigenvalue weighted by atomic mass is 79.9. The number of benzene rings is 1. The number of halogens is 2. The fraction of sp³-hybridized carbons (Fsp3) is 0.238. The number of aryl methyl sites for hydroxylation is 2. The summed E-state index contributed by atoms with van der Waals surface area (Å²) in [5, 5.41) is 0.699. The van der Waals surface area contributed by atoms with Crippen LogP contribution in [-0.4, -0.2) is 17.0 Å². The summed E-state index contributed by atoms with van der Waals surface area (Å²) in [6.45, 7) is 5.77. The van der Waals surface area contributed by atoms with E-state index in [9.17, 15) is 4.79 Å². The maximum atomic E-state index is 13.2. The second kappa shape index (κ2) is 8.80. The molecule has 1 atom stereocenters. The van der Waals surface area contributed by atoms with Crippen LogP contribution in [0.1, 0.15) is 23.8 Å². The molecule has 0 aliphatic rings. The van der Waals surface area contributed by atoms with Gasteiger partial charge in [0.1, 0.15) is 17.3 Å². The van der Waals surface area contributed by atoms with E-state index in [-0.39, 0.29) is 12.5 Å². The predicted molar refractivity (Wildman–Crippen MR) is 113 cm³/mol. The van der Waals surface area contributed by atoms with Crippen LogP contribution in [0.3, 0.4) is 0 Å². The molecule has 146 valence electrons. The molecule has 1 aromatic carbocycles. The number of anilines is 1. The molecule has 5 nitrogen and oxygen atoms in total. The lowest BCUT2D eigenvalue weighted by Crippen LogP contribution is -2.40. The largest absolute Gasteiger partial charge is 0.481 e. The summed E-state index contributed by atoms with van der Waals surface area (Å²) in [5.74, 6) is 1.54. The Labute approximate surface area is 177 Å². The SMILES string of the molecule is Cc1cc(OC(C)C(=O)N(Cc2ccc(Br)o2)c2ccccn2)cc(C)c1Cl. The van der Waals surface area contributed by atoms with Gasteiger partial charge < -0.3 is 9.15 Å². The maximum Gasteiger partial charge on any atom is 0.269 e. The summed E-state index contributed by atoms with van der Waals surface area (Å²) >= 11 is 9.50. The Kier molecular flexibility index (Phi) is 6.42. The molecule has 1 unspecified atom stereocenters. The smallest absolute Gasteiger partial charge is 0.269 e. The quantitative estimate of drug-likeness (QED) is 0.470.